The molecule has 0 heterocycles. The maximum Gasteiger partial charge on any atom is 0.342 e. The molecule has 144 valence electrons. The molecule has 0 radical (unpaired) electrons. The van der Waals surface area contributed by atoms with Crippen LogP contribution in [0.5, 0.6) is 0 Å². The van der Waals surface area contributed by atoms with E-state index in [-0.39, 0.29) is 23.6 Å². The van der Waals surface area contributed by atoms with Gasteiger partial charge in [-0.1, -0.05) is 38.5 Å². The minimum Gasteiger partial charge on any atom is -0.412 e. The maximum absolute atomic E-state index is 12.9. The highest BCUT2D eigenvalue weighted by Crippen LogP contribution is 2.65. The van der Waals surface area contributed by atoms with Crippen LogP contribution in [0.1, 0.15) is 64.2 Å². The van der Waals surface area contributed by atoms with Crippen molar-refractivity contribution in [1.29, 1.82) is 0 Å². The highest BCUT2D eigenvalue weighted by Gasteiger charge is 2.41. The summed E-state index contributed by atoms with van der Waals surface area (Å²) >= 11 is 0. The van der Waals surface area contributed by atoms with E-state index in [1.807, 2.05) is 0 Å². The van der Waals surface area contributed by atoms with Crippen LogP contribution >= 0.6 is 15.2 Å². The SMILES string of the molecule is COP(=O)(CP(=O)(OC)OC1CCCCC1)OC1CCCCC1.O. The van der Waals surface area contributed by atoms with Gasteiger partial charge in [-0.15, -0.1) is 0 Å². The third-order valence-corrected chi connectivity index (χ3v) is 9.75. The van der Waals surface area contributed by atoms with Crippen molar-refractivity contribution in [2.24, 2.45) is 0 Å². The molecule has 0 bridgehead atoms. The molecule has 24 heavy (non-hydrogen) atoms. The van der Waals surface area contributed by atoms with Crippen LogP contribution in [-0.4, -0.2) is 37.8 Å². The Hall–Kier alpha value is 0.260. The zero-order valence-electron chi connectivity index (χ0n) is 14.8. The lowest BCUT2D eigenvalue weighted by atomic mass is 9.98. The Balaban J connectivity index is 0.00000288. The molecule has 0 aromatic carbocycles. The topological polar surface area (TPSA) is 103 Å². The lowest BCUT2D eigenvalue weighted by molar-refractivity contribution is 0.118. The number of hydrogen-bond acceptors (Lipinski definition) is 6. The fourth-order valence-corrected chi connectivity index (χ4v) is 7.93. The van der Waals surface area contributed by atoms with E-state index in [0.29, 0.717) is 0 Å². The minimum atomic E-state index is -3.49. The van der Waals surface area contributed by atoms with Crippen molar-refractivity contribution in [3.8, 4) is 0 Å². The maximum atomic E-state index is 12.9. The first-order valence-corrected chi connectivity index (χ1v) is 12.1. The molecular formula is C15H32O7P2. The van der Waals surface area contributed by atoms with E-state index in [9.17, 15) is 9.13 Å². The van der Waals surface area contributed by atoms with E-state index in [1.165, 1.54) is 27.1 Å². The molecule has 0 aromatic rings. The molecule has 2 N–H and O–H groups in total. The van der Waals surface area contributed by atoms with Crippen LogP contribution < -0.4 is 0 Å². The smallest absolute Gasteiger partial charge is 0.342 e. The van der Waals surface area contributed by atoms with Crippen LogP contribution in [0.15, 0.2) is 0 Å². The third kappa shape index (κ3) is 6.87. The predicted octanol–water partition coefficient (Wildman–Crippen LogP) is 4.50. The summed E-state index contributed by atoms with van der Waals surface area (Å²) in [5.41, 5.74) is 0. The van der Waals surface area contributed by atoms with E-state index in [4.69, 9.17) is 18.1 Å². The molecule has 2 aliphatic rings. The molecule has 0 saturated heterocycles. The largest absolute Gasteiger partial charge is 0.412 e. The Morgan fingerprint density at radius 2 is 1.04 bits per heavy atom. The molecule has 2 saturated carbocycles. The van der Waals surface area contributed by atoms with E-state index in [0.717, 1.165) is 51.4 Å². The Morgan fingerprint density at radius 3 is 1.33 bits per heavy atom. The van der Waals surface area contributed by atoms with Crippen LogP contribution in [0.4, 0.5) is 0 Å². The summed E-state index contributed by atoms with van der Waals surface area (Å²) in [6, 6.07) is 0. The monoisotopic (exact) mass is 386 g/mol. The van der Waals surface area contributed by atoms with Crippen molar-refractivity contribution < 1.29 is 32.7 Å². The summed E-state index contributed by atoms with van der Waals surface area (Å²) in [7, 11) is -4.30. The fourth-order valence-electron chi connectivity index (χ4n) is 3.28. The standard InChI is InChI=1S/C15H30O6P2.H2O/c1-18-22(16,20-14-9-5-3-6-10-14)13-23(17,19-2)21-15-11-7-4-8-12-15;/h14-15H,3-13H2,1-2H3;1H2. The second-order valence-corrected chi connectivity index (χ2v) is 11.2. The van der Waals surface area contributed by atoms with Gasteiger partial charge in [0.1, 0.15) is 0 Å². The molecule has 7 nitrogen and oxygen atoms in total. The Bertz CT molecular complexity index is 405. The second kappa shape index (κ2) is 10.4. The Labute approximate surface area is 145 Å². The summed E-state index contributed by atoms with van der Waals surface area (Å²) in [6.07, 6.45) is 9.92. The van der Waals surface area contributed by atoms with E-state index >= 15 is 0 Å². The Kier molecular flexibility index (Phi) is 9.68. The van der Waals surface area contributed by atoms with Gasteiger partial charge in [-0.2, -0.15) is 0 Å². The van der Waals surface area contributed by atoms with Gasteiger partial charge in [0.2, 0.25) is 0 Å². The molecule has 0 aliphatic heterocycles. The van der Waals surface area contributed by atoms with Crippen molar-refractivity contribution in [1.82, 2.24) is 0 Å². The second-order valence-electron chi connectivity index (χ2n) is 6.46. The molecule has 2 aliphatic carbocycles. The molecule has 2 rings (SSSR count). The quantitative estimate of drug-likeness (QED) is 0.569. The number of hydrogen-bond donors (Lipinski definition) is 0. The third-order valence-electron chi connectivity index (χ3n) is 4.63. The van der Waals surface area contributed by atoms with E-state index in [2.05, 4.69) is 0 Å². The molecule has 2 atom stereocenters. The van der Waals surface area contributed by atoms with Crippen LogP contribution in [0.2, 0.25) is 0 Å². The van der Waals surface area contributed by atoms with Gasteiger partial charge in [-0.25, -0.2) is 0 Å². The summed E-state index contributed by atoms with van der Waals surface area (Å²) < 4.78 is 47.5. The van der Waals surface area contributed by atoms with Gasteiger partial charge >= 0.3 is 15.2 Å². The van der Waals surface area contributed by atoms with Gasteiger partial charge in [0.25, 0.3) is 0 Å². The zero-order valence-corrected chi connectivity index (χ0v) is 16.6. The van der Waals surface area contributed by atoms with Crippen molar-refractivity contribution in [2.45, 2.75) is 76.4 Å². The predicted molar refractivity (Wildman–Crippen MR) is 93.6 cm³/mol. The van der Waals surface area contributed by atoms with E-state index < -0.39 is 15.2 Å². The van der Waals surface area contributed by atoms with Gasteiger partial charge in [-0.05, 0) is 25.7 Å². The average Bonchev–Trinajstić information content (AvgIpc) is 2.56. The molecule has 2 fully saturated rings. The Morgan fingerprint density at radius 1 is 0.708 bits per heavy atom. The molecule has 9 heteroatoms. The summed E-state index contributed by atoms with van der Waals surface area (Å²) in [5.74, 6) is -0.306. The van der Waals surface area contributed by atoms with Gasteiger partial charge in [0, 0.05) is 14.2 Å². The molecular weight excluding hydrogens is 354 g/mol. The molecule has 0 aromatic heterocycles. The molecule has 0 amide bonds. The fraction of sp³-hybridized carbons (Fsp3) is 1.00. The normalized spacial score (nSPS) is 25.4. The van der Waals surface area contributed by atoms with Crippen LogP contribution in [0.25, 0.3) is 0 Å². The van der Waals surface area contributed by atoms with E-state index in [1.54, 1.807) is 0 Å². The zero-order chi connectivity index (χ0) is 16.8. The van der Waals surface area contributed by atoms with Crippen molar-refractivity contribution in [3.63, 3.8) is 0 Å². The molecule has 0 spiro atoms. The van der Waals surface area contributed by atoms with Crippen LogP contribution in [0.3, 0.4) is 0 Å². The summed E-state index contributed by atoms with van der Waals surface area (Å²) in [4.78, 5) is 0. The average molecular weight is 386 g/mol. The van der Waals surface area contributed by atoms with Crippen LogP contribution in [-0.2, 0) is 27.2 Å². The first kappa shape index (κ1) is 22.3. The van der Waals surface area contributed by atoms with Gasteiger partial charge < -0.3 is 23.6 Å². The van der Waals surface area contributed by atoms with Gasteiger partial charge in [-0.3, -0.25) is 9.13 Å². The highest BCUT2D eigenvalue weighted by atomic mass is 31.2. The number of rotatable bonds is 8. The summed E-state index contributed by atoms with van der Waals surface area (Å²) in [5, 5.41) is 0. The first-order valence-electron chi connectivity index (χ1n) is 8.65. The van der Waals surface area contributed by atoms with Gasteiger partial charge in [0.05, 0.1) is 12.2 Å². The first-order chi connectivity index (χ1) is 11.0. The minimum absolute atomic E-state index is 0. The highest BCUT2D eigenvalue weighted by molar-refractivity contribution is 7.71. The van der Waals surface area contributed by atoms with Crippen LogP contribution in [0, 0.1) is 0 Å². The summed E-state index contributed by atoms with van der Waals surface area (Å²) in [6.45, 7) is 0. The lowest BCUT2D eigenvalue weighted by Crippen LogP contribution is -2.19. The van der Waals surface area contributed by atoms with Gasteiger partial charge in [0.15, 0.2) is 5.90 Å². The van der Waals surface area contributed by atoms with Crippen molar-refractivity contribution in [3.05, 3.63) is 0 Å². The van der Waals surface area contributed by atoms with Crippen molar-refractivity contribution >= 4 is 15.2 Å². The lowest BCUT2D eigenvalue weighted by Gasteiger charge is -2.30. The van der Waals surface area contributed by atoms with Crippen molar-refractivity contribution in [2.75, 3.05) is 20.1 Å². The molecule has 2 unspecified atom stereocenters.